The van der Waals surface area contributed by atoms with Gasteiger partial charge in [0.15, 0.2) is 9.84 Å². The predicted molar refractivity (Wildman–Crippen MR) is 77.1 cm³/mol. The molecule has 104 valence electrons. The van der Waals surface area contributed by atoms with Crippen molar-refractivity contribution in [1.82, 2.24) is 5.32 Å². The maximum absolute atomic E-state index is 12.2. The van der Waals surface area contributed by atoms with Crippen molar-refractivity contribution >= 4 is 37.4 Å². The van der Waals surface area contributed by atoms with Crippen molar-refractivity contribution in [3.8, 4) is 0 Å². The van der Waals surface area contributed by atoms with Crippen LogP contribution in [0.4, 0.5) is 5.69 Å². The van der Waals surface area contributed by atoms with Crippen LogP contribution in [-0.4, -0.2) is 39.7 Å². The normalized spacial score (nSPS) is 21.0. The molecule has 1 aromatic carbocycles. The van der Waals surface area contributed by atoms with E-state index in [9.17, 15) is 13.2 Å². The van der Waals surface area contributed by atoms with E-state index in [1.165, 1.54) is 0 Å². The Hall–Kier alpha value is -0.920. The molecule has 0 saturated heterocycles. The van der Waals surface area contributed by atoms with E-state index in [-0.39, 0.29) is 29.1 Å². The number of nitrogens with zero attached hydrogens (tertiary/aromatic N) is 1. The van der Waals surface area contributed by atoms with E-state index in [4.69, 9.17) is 0 Å². The Morgan fingerprint density at radius 2 is 2.21 bits per heavy atom. The summed E-state index contributed by atoms with van der Waals surface area (Å²) in [4.78, 5) is 13.9. The summed E-state index contributed by atoms with van der Waals surface area (Å²) >= 11 is 3.34. The minimum absolute atomic E-state index is 0.0497. The van der Waals surface area contributed by atoms with Crippen molar-refractivity contribution in [3.05, 3.63) is 22.7 Å². The summed E-state index contributed by atoms with van der Waals surface area (Å²) in [6.45, 7) is 1.92. The van der Waals surface area contributed by atoms with E-state index in [2.05, 4.69) is 21.2 Å². The Balaban J connectivity index is 2.63. The summed E-state index contributed by atoms with van der Waals surface area (Å²) in [6, 6.07) is 4.57. The summed E-state index contributed by atoms with van der Waals surface area (Å²) in [5.41, 5.74) is 0.446. The monoisotopic (exact) mass is 346 g/mol. The number of fused-ring (bicyclic) bond motifs is 1. The highest BCUT2D eigenvalue weighted by Gasteiger charge is 2.37. The molecule has 1 atom stereocenters. The number of carbonyl (C=O) groups excluding carboxylic acids is 1. The minimum atomic E-state index is -3.34. The maximum atomic E-state index is 12.2. The van der Waals surface area contributed by atoms with Crippen LogP contribution in [0.5, 0.6) is 0 Å². The minimum Gasteiger partial charge on any atom is -0.311 e. The van der Waals surface area contributed by atoms with Gasteiger partial charge in [-0.3, -0.25) is 4.79 Å². The van der Waals surface area contributed by atoms with Gasteiger partial charge in [-0.25, -0.2) is 8.42 Å². The molecule has 0 bridgehead atoms. The van der Waals surface area contributed by atoms with Crippen LogP contribution in [0.1, 0.15) is 6.92 Å². The molecule has 1 aliphatic heterocycles. The van der Waals surface area contributed by atoms with Crippen LogP contribution >= 0.6 is 15.9 Å². The van der Waals surface area contributed by atoms with Gasteiger partial charge in [0.1, 0.15) is 0 Å². The van der Waals surface area contributed by atoms with Gasteiger partial charge in [-0.05, 0) is 42.0 Å². The van der Waals surface area contributed by atoms with Crippen LogP contribution in [-0.2, 0) is 14.6 Å². The first-order valence-corrected chi connectivity index (χ1v) is 8.31. The van der Waals surface area contributed by atoms with Gasteiger partial charge in [-0.15, -0.1) is 0 Å². The lowest BCUT2D eigenvalue weighted by atomic mass is 10.2. The molecule has 1 heterocycles. The molecule has 0 radical (unpaired) electrons. The number of amides is 1. The van der Waals surface area contributed by atoms with Crippen molar-refractivity contribution < 1.29 is 13.2 Å². The first-order chi connectivity index (χ1) is 8.88. The number of halogens is 1. The van der Waals surface area contributed by atoms with Crippen molar-refractivity contribution in [2.24, 2.45) is 0 Å². The molecular formula is C12H15BrN2O3S. The van der Waals surface area contributed by atoms with Crippen molar-refractivity contribution in [2.75, 3.05) is 24.2 Å². The largest absolute Gasteiger partial charge is 0.311 e. The van der Waals surface area contributed by atoms with E-state index < -0.39 is 9.84 Å². The fourth-order valence-electron chi connectivity index (χ4n) is 2.29. The molecule has 7 heteroatoms. The number of para-hydroxylation sites is 1. The average molecular weight is 347 g/mol. The van der Waals surface area contributed by atoms with Crippen LogP contribution in [0.2, 0.25) is 0 Å². The summed E-state index contributed by atoms with van der Waals surface area (Å²) in [5.74, 6) is -0.190. The molecule has 5 nitrogen and oxygen atoms in total. The SMILES string of the molecule is CNCC(=O)N1c2c(Br)cccc2S(=O)(=O)CC1C. The number of hydrogen-bond donors (Lipinski definition) is 1. The Morgan fingerprint density at radius 3 is 2.84 bits per heavy atom. The summed E-state index contributed by atoms with van der Waals surface area (Å²) < 4.78 is 25.0. The number of benzene rings is 1. The van der Waals surface area contributed by atoms with E-state index in [1.54, 1.807) is 37.1 Å². The highest BCUT2D eigenvalue weighted by molar-refractivity contribution is 9.10. The molecule has 1 N–H and O–H groups in total. The van der Waals surface area contributed by atoms with Gasteiger partial charge in [-0.1, -0.05) is 6.07 Å². The van der Waals surface area contributed by atoms with E-state index in [0.29, 0.717) is 10.2 Å². The number of sulfone groups is 1. The number of rotatable bonds is 2. The molecule has 1 aliphatic rings. The first-order valence-electron chi connectivity index (χ1n) is 5.86. The second-order valence-corrected chi connectivity index (χ2v) is 7.37. The lowest BCUT2D eigenvalue weighted by Crippen LogP contribution is -2.49. The number of hydrogen-bond acceptors (Lipinski definition) is 4. The molecule has 0 aliphatic carbocycles. The molecule has 19 heavy (non-hydrogen) atoms. The first kappa shape index (κ1) is 14.5. The highest BCUT2D eigenvalue weighted by Crippen LogP contribution is 2.39. The molecule has 2 rings (SSSR count). The fourth-order valence-corrected chi connectivity index (χ4v) is 4.73. The molecular weight excluding hydrogens is 332 g/mol. The zero-order valence-corrected chi connectivity index (χ0v) is 13.1. The Bertz CT molecular complexity index is 615. The van der Waals surface area contributed by atoms with Crippen molar-refractivity contribution in [2.45, 2.75) is 17.9 Å². The van der Waals surface area contributed by atoms with Crippen molar-refractivity contribution in [3.63, 3.8) is 0 Å². The number of anilines is 1. The second kappa shape index (κ2) is 5.22. The van der Waals surface area contributed by atoms with E-state index >= 15 is 0 Å². The standard InChI is InChI=1S/C12H15BrN2O3S/c1-8-7-19(17,18)10-5-3-4-9(13)12(10)15(8)11(16)6-14-2/h3-5,8,14H,6-7H2,1-2H3. The molecule has 0 saturated carbocycles. The number of likely N-dealkylation sites (N-methyl/N-ethyl adjacent to an activating group) is 1. The van der Waals surface area contributed by atoms with Gasteiger partial charge in [0, 0.05) is 10.5 Å². The van der Waals surface area contributed by atoms with Gasteiger partial charge < -0.3 is 10.2 Å². The zero-order valence-electron chi connectivity index (χ0n) is 10.7. The van der Waals surface area contributed by atoms with Crippen molar-refractivity contribution in [1.29, 1.82) is 0 Å². The number of carbonyl (C=O) groups is 1. The van der Waals surface area contributed by atoms with Gasteiger partial charge in [0.2, 0.25) is 5.91 Å². The number of nitrogens with one attached hydrogen (secondary N) is 1. The lowest BCUT2D eigenvalue weighted by molar-refractivity contribution is -0.118. The molecule has 0 aromatic heterocycles. The summed E-state index contributed by atoms with van der Waals surface area (Å²) in [5, 5.41) is 2.80. The van der Waals surface area contributed by atoms with Gasteiger partial charge in [0.05, 0.1) is 22.9 Å². The average Bonchev–Trinajstić information content (AvgIpc) is 2.30. The third kappa shape index (κ3) is 2.54. The Morgan fingerprint density at radius 1 is 1.53 bits per heavy atom. The Kier molecular flexibility index (Phi) is 3.98. The Labute approximate surface area is 121 Å². The van der Waals surface area contributed by atoms with Gasteiger partial charge >= 0.3 is 0 Å². The zero-order chi connectivity index (χ0) is 14.2. The third-order valence-corrected chi connectivity index (χ3v) is 5.58. The molecule has 1 aromatic rings. The van der Waals surface area contributed by atoms with Crippen LogP contribution in [0.15, 0.2) is 27.6 Å². The quantitative estimate of drug-likeness (QED) is 0.873. The predicted octanol–water partition coefficient (Wildman–Crippen LogP) is 1.18. The maximum Gasteiger partial charge on any atom is 0.241 e. The lowest BCUT2D eigenvalue weighted by Gasteiger charge is -2.35. The van der Waals surface area contributed by atoms with Crippen LogP contribution < -0.4 is 10.2 Å². The topological polar surface area (TPSA) is 66.5 Å². The molecule has 1 amide bonds. The molecule has 1 unspecified atom stereocenters. The van der Waals surface area contributed by atoms with Gasteiger partial charge in [0.25, 0.3) is 0 Å². The van der Waals surface area contributed by atoms with E-state index in [1.807, 2.05) is 0 Å². The molecule has 0 spiro atoms. The molecule has 0 fully saturated rings. The highest BCUT2D eigenvalue weighted by atomic mass is 79.9. The van der Waals surface area contributed by atoms with Gasteiger partial charge in [-0.2, -0.15) is 0 Å². The smallest absolute Gasteiger partial charge is 0.241 e. The van der Waals surface area contributed by atoms with Crippen LogP contribution in [0.3, 0.4) is 0 Å². The van der Waals surface area contributed by atoms with Crippen LogP contribution in [0.25, 0.3) is 0 Å². The third-order valence-electron chi connectivity index (χ3n) is 3.02. The fraction of sp³-hybridized carbons (Fsp3) is 0.417. The van der Waals surface area contributed by atoms with Crippen LogP contribution in [0, 0.1) is 0 Å². The second-order valence-electron chi connectivity index (χ2n) is 4.51. The van der Waals surface area contributed by atoms with E-state index in [0.717, 1.165) is 0 Å². The summed E-state index contributed by atoms with van der Waals surface area (Å²) in [7, 11) is -1.65. The summed E-state index contributed by atoms with van der Waals surface area (Å²) in [6.07, 6.45) is 0.